The van der Waals surface area contributed by atoms with Crippen LogP contribution in [-0.4, -0.2) is 15.9 Å². The first-order valence-electron chi connectivity index (χ1n) is 8.99. The number of benzene rings is 3. The number of anilines is 3. The molecular formula is C23H17FN4O. The molecule has 0 aliphatic rings. The Balaban J connectivity index is 1.47. The van der Waals surface area contributed by atoms with Crippen molar-refractivity contribution in [2.24, 2.45) is 0 Å². The minimum Gasteiger partial charge on any atom is -0.356 e. The summed E-state index contributed by atoms with van der Waals surface area (Å²) in [6, 6.07) is 22.4. The van der Waals surface area contributed by atoms with Crippen LogP contribution >= 0.6 is 0 Å². The largest absolute Gasteiger partial charge is 0.356 e. The second-order valence-corrected chi connectivity index (χ2v) is 6.32. The Bertz CT molecular complexity index is 1130. The summed E-state index contributed by atoms with van der Waals surface area (Å²) in [6.07, 6.45) is 3.41. The molecule has 0 bridgehead atoms. The molecule has 0 radical (unpaired) electrons. The van der Waals surface area contributed by atoms with Crippen LogP contribution in [-0.2, 0) is 0 Å². The topological polar surface area (TPSA) is 66.9 Å². The Labute approximate surface area is 167 Å². The average molecular weight is 384 g/mol. The van der Waals surface area contributed by atoms with E-state index >= 15 is 0 Å². The fourth-order valence-corrected chi connectivity index (χ4v) is 2.83. The van der Waals surface area contributed by atoms with Crippen LogP contribution in [0.5, 0.6) is 0 Å². The molecule has 4 aromatic rings. The van der Waals surface area contributed by atoms with Gasteiger partial charge in [0.05, 0.1) is 0 Å². The molecule has 0 spiro atoms. The van der Waals surface area contributed by atoms with Gasteiger partial charge in [-0.1, -0.05) is 12.1 Å². The molecular weight excluding hydrogens is 367 g/mol. The van der Waals surface area contributed by atoms with Crippen molar-refractivity contribution in [3.8, 4) is 11.4 Å². The van der Waals surface area contributed by atoms with E-state index in [2.05, 4.69) is 20.6 Å². The third-order valence-corrected chi connectivity index (χ3v) is 4.20. The molecule has 29 heavy (non-hydrogen) atoms. The number of hydrogen-bond acceptors (Lipinski definition) is 4. The Morgan fingerprint density at radius 2 is 1.48 bits per heavy atom. The molecule has 0 atom stereocenters. The third kappa shape index (κ3) is 4.62. The van der Waals surface area contributed by atoms with Crippen molar-refractivity contribution in [2.45, 2.75) is 0 Å². The predicted molar refractivity (Wildman–Crippen MR) is 112 cm³/mol. The Kier molecular flexibility index (Phi) is 5.25. The van der Waals surface area contributed by atoms with Gasteiger partial charge in [0.1, 0.15) is 5.82 Å². The van der Waals surface area contributed by atoms with Crippen molar-refractivity contribution in [1.29, 1.82) is 0 Å². The molecule has 142 valence electrons. The first-order valence-corrected chi connectivity index (χ1v) is 8.99. The van der Waals surface area contributed by atoms with Crippen LogP contribution in [0.25, 0.3) is 11.4 Å². The summed E-state index contributed by atoms with van der Waals surface area (Å²) in [5.74, 6) is -0.0477. The number of halogens is 1. The first kappa shape index (κ1) is 18.3. The normalized spacial score (nSPS) is 10.4. The molecule has 1 aromatic heterocycles. The monoisotopic (exact) mass is 384 g/mol. The van der Waals surface area contributed by atoms with E-state index in [4.69, 9.17) is 0 Å². The number of carbonyl (C=O) groups excluding carboxylic acids is 1. The summed E-state index contributed by atoms with van der Waals surface area (Å²) >= 11 is 0. The molecule has 0 unspecified atom stereocenters. The Hall–Kier alpha value is -4.06. The quantitative estimate of drug-likeness (QED) is 0.491. The van der Waals surface area contributed by atoms with Crippen molar-refractivity contribution in [2.75, 3.05) is 10.6 Å². The summed E-state index contributed by atoms with van der Waals surface area (Å²) in [7, 11) is 0. The first-order chi connectivity index (χ1) is 14.2. The number of hydrogen-bond donors (Lipinski definition) is 2. The van der Waals surface area contributed by atoms with Crippen molar-refractivity contribution in [3.05, 3.63) is 103 Å². The molecule has 5 nitrogen and oxygen atoms in total. The number of rotatable bonds is 5. The highest BCUT2D eigenvalue weighted by molar-refractivity contribution is 6.04. The van der Waals surface area contributed by atoms with Crippen LogP contribution in [0.3, 0.4) is 0 Å². The van der Waals surface area contributed by atoms with Crippen LogP contribution in [0.4, 0.5) is 21.5 Å². The molecule has 0 aliphatic heterocycles. The maximum absolute atomic E-state index is 13.3. The van der Waals surface area contributed by atoms with Gasteiger partial charge in [-0.15, -0.1) is 0 Å². The second-order valence-electron chi connectivity index (χ2n) is 6.32. The highest BCUT2D eigenvalue weighted by atomic mass is 19.1. The van der Waals surface area contributed by atoms with Gasteiger partial charge < -0.3 is 10.6 Å². The number of carbonyl (C=O) groups is 1. The van der Waals surface area contributed by atoms with E-state index < -0.39 is 5.82 Å². The number of amides is 1. The summed E-state index contributed by atoms with van der Waals surface area (Å²) in [5, 5.41) is 5.97. The second kappa shape index (κ2) is 8.31. The minimum atomic E-state index is -0.400. The lowest BCUT2D eigenvalue weighted by molar-refractivity contribution is 0.102. The van der Waals surface area contributed by atoms with Crippen molar-refractivity contribution >= 4 is 23.0 Å². The lowest BCUT2D eigenvalue weighted by Gasteiger charge is -2.10. The summed E-state index contributed by atoms with van der Waals surface area (Å²) in [5.41, 5.74) is 3.42. The van der Waals surface area contributed by atoms with E-state index in [-0.39, 0.29) is 5.91 Å². The van der Waals surface area contributed by atoms with Gasteiger partial charge >= 0.3 is 0 Å². The van der Waals surface area contributed by atoms with E-state index in [1.165, 1.54) is 12.1 Å². The fourth-order valence-electron chi connectivity index (χ4n) is 2.83. The summed E-state index contributed by atoms with van der Waals surface area (Å²) in [4.78, 5) is 20.9. The van der Waals surface area contributed by atoms with Gasteiger partial charge in [0, 0.05) is 40.6 Å². The smallest absolute Gasteiger partial charge is 0.255 e. The molecule has 0 saturated heterocycles. The predicted octanol–water partition coefficient (Wildman–Crippen LogP) is 5.28. The van der Waals surface area contributed by atoms with Crippen LogP contribution in [0.2, 0.25) is 0 Å². The standard InChI is InChI=1S/C23H17FN4O/c24-18-5-2-7-21(15-18)28-23(29)17-4-1-6-20(14-17)27-19-10-8-16(9-11-19)22-25-12-3-13-26-22/h1-15,27H,(H,28,29). The van der Waals surface area contributed by atoms with Gasteiger partial charge in [0.2, 0.25) is 0 Å². The average Bonchev–Trinajstić information content (AvgIpc) is 2.75. The van der Waals surface area contributed by atoms with Gasteiger partial charge in [0.15, 0.2) is 5.82 Å². The molecule has 0 aliphatic carbocycles. The zero-order valence-electron chi connectivity index (χ0n) is 15.3. The van der Waals surface area contributed by atoms with E-state index in [0.29, 0.717) is 17.1 Å². The number of nitrogens with zero attached hydrogens (tertiary/aromatic N) is 2. The number of aromatic nitrogens is 2. The molecule has 0 fully saturated rings. The molecule has 0 saturated carbocycles. The highest BCUT2D eigenvalue weighted by Crippen LogP contribution is 2.22. The van der Waals surface area contributed by atoms with Crippen LogP contribution in [0, 0.1) is 5.82 Å². The number of nitrogens with one attached hydrogen (secondary N) is 2. The highest BCUT2D eigenvalue weighted by Gasteiger charge is 2.08. The molecule has 2 N–H and O–H groups in total. The van der Waals surface area contributed by atoms with Gasteiger partial charge in [-0.3, -0.25) is 4.79 Å². The minimum absolute atomic E-state index is 0.309. The van der Waals surface area contributed by atoms with Gasteiger partial charge in [-0.25, -0.2) is 14.4 Å². The van der Waals surface area contributed by atoms with E-state index in [0.717, 1.165) is 16.9 Å². The molecule has 1 heterocycles. The zero-order valence-corrected chi connectivity index (χ0v) is 15.3. The SMILES string of the molecule is O=C(Nc1cccc(F)c1)c1cccc(Nc2ccc(-c3ncccn3)cc2)c1. The van der Waals surface area contributed by atoms with E-state index in [9.17, 15) is 9.18 Å². The van der Waals surface area contributed by atoms with Crippen molar-refractivity contribution < 1.29 is 9.18 Å². The summed E-state index contributed by atoms with van der Waals surface area (Å²) in [6.45, 7) is 0. The molecule has 4 rings (SSSR count). The van der Waals surface area contributed by atoms with Crippen molar-refractivity contribution in [1.82, 2.24) is 9.97 Å². The maximum atomic E-state index is 13.3. The maximum Gasteiger partial charge on any atom is 0.255 e. The third-order valence-electron chi connectivity index (χ3n) is 4.20. The van der Waals surface area contributed by atoms with E-state index in [1.807, 2.05) is 30.3 Å². The lowest BCUT2D eigenvalue weighted by Crippen LogP contribution is -2.12. The molecule has 6 heteroatoms. The lowest BCUT2D eigenvalue weighted by atomic mass is 10.1. The Morgan fingerprint density at radius 1 is 0.759 bits per heavy atom. The van der Waals surface area contributed by atoms with Gasteiger partial charge in [-0.2, -0.15) is 0 Å². The zero-order chi connectivity index (χ0) is 20.1. The molecule has 1 amide bonds. The fraction of sp³-hybridized carbons (Fsp3) is 0. The van der Waals surface area contributed by atoms with Crippen LogP contribution in [0.15, 0.2) is 91.3 Å². The Morgan fingerprint density at radius 3 is 2.24 bits per heavy atom. The van der Waals surface area contributed by atoms with E-state index in [1.54, 1.807) is 48.8 Å². The van der Waals surface area contributed by atoms with Gasteiger partial charge in [0.25, 0.3) is 5.91 Å². The van der Waals surface area contributed by atoms with Gasteiger partial charge in [-0.05, 0) is 66.7 Å². The molecule has 3 aromatic carbocycles. The summed E-state index contributed by atoms with van der Waals surface area (Å²) < 4.78 is 13.3. The van der Waals surface area contributed by atoms with Crippen LogP contribution < -0.4 is 10.6 Å². The van der Waals surface area contributed by atoms with Crippen molar-refractivity contribution in [3.63, 3.8) is 0 Å². The van der Waals surface area contributed by atoms with Crippen LogP contribution in [0.1, 0.15) is 10.4 Å².